The number of ether oxygens (including phenoxy) is 1. The standard InChI is InChI=1S/C28H30N4O2/c33-24-7-5-21(6-8-24)17-32-18-22-3-1-2-4-27(22)34-28(20-32)10-13-31(14-11-28)19-23-15-30-26-16-29-12-9-25(23)26/h1-9,12,15-16,30,33H,10-11,13-14,17-20H2. The van der Waals surface area contributed by atoms with Gasteiger partial charge in [-0.2, -0.15) is 0 Å². The van der Waals surface area contributed by atoms with Gasteiger partial charge in [-0.25, -0.2) is 0 Å². The first kappa shape index (κ1) is 21.2. The summed E-state index contributed by atoms with van der Waals surface area (Å²) >= 11 is 0. The summed E-state index contributed by atoms with van der Waals surface area (Å²) in [5.41, 5.74) is 4.69. The van der Waals surface area contributed by atoms with E-state index in [4.69, 9.17) is 4.74 Å². The number of likely N-dealkylation sites (tertiary alicyclic amines) is 1. The SMILES string of the molecule is Oc1ccc(CN2Cc3ccccc3OC3(CCN(Cc4c[nH]c5cnccc45)CC3)C2)cc1. The fraction of sp³-hybridized carbons (Fsp3) is 0.321. The van der Waals surface area contributed by atoms with Crippen molar-refractivity contribution in [1.29, 1.82) is 0 Å². The quantitative estimate of drug-likeness (QED) is 0.468. The molecular formula is C28H30N4O2. The van der Waals surface area contributed by atoms with Crippen LogP contribution in [0.1, 0.15) is 29.5 Å². The first-order chi connectivity index (χ1) is 16.7. The van der Waals surface area contributed by atoms with E-state index in [0.29, 0.717) is 5.75 Å². The van der Waals surface area contributed by atoms with E-state index in [1.54, 1.807) is 12.1 Å². The number of aromatic hydroxyl groups is 1. The fourth-order valence-electron chi connectivity index (χ4n) is 5.46. The van der Waals surface area contributed by atoms with Gasteiger partial charge in [0.1, 0.15) is 17.1 Å². The van der Waals surface area contributed by atoms with E-state index in [9.17, 15) is 5.11 Å². The highest BCUT2D eigenvalue weighted by Gasteiger charge is 2.40. The lowest BCUT2D eigenvalue weighted by molar-refractivity contribution is -0.0213. The Hall–Kier alpha value is -3.35. The van der Waals surface area contributed by atoms with Gasteiger partial charge in [0.2, 0.25) is 0 Å². The number of pyridine rings is 1. The van der Waals surface area contributed by atoms with Crippen molar-refractivity contribution in [3.05, 3.63) is 89.9 Å². The summed E-state index contributed by atoms with van der Waals surface area (Å²) in [6.45, 7) is 5.56. The molecule has 2 aliphatic rings. The Morgan fingerprint density at radius 1 is 0.971 bits per heavy atom. The molecule has 1 fully saturated rings. The molecule has 174 valence electrons. The molecule has 1 spiro atoms. The minimum absolute atomic E-state index is 0.190. The number of aromatic amines is 1. The Balaban J connectivity index is 1.20. The average molecular weight is 455 g/mol. The minimum Gasteiger partial charge on any atom is -0.508 e. The summed E-state index contributed by atoms with van der Waals surface area (Å²) in [6, 6.07) is 18.1. The molecule has 1 saturated heterocycles. The molecule has 2 N–H and O–H groups in total. The number of nitrogens with zero attached hydrogens (tertiary/aromatic N) is 3. The molecule has 2 aliphatic heterocycles. The van der Waals surface area contributed by atoms with Crippen molar-refractivity contribution in [2.75, 3.05) is 19.6 Å². The number of para-hydroxylation sites is 1. The van der Waals surface area contributed by atoms with Crippen molar-refractivity contribution < 1.29 is 9.84 Å². The van der Waals surface area contributed by atoms with Gasteiger partial charge in [-0.15, -0.1) is 0 Å². The monoisotopic (exact) mass is 454 g/mol. The molecule has 0 unspecified atom stereocenters. The minimum atomic E-state index is -0.190. The summed E-state index contributed by atoms with van der Waals surface area (Å²) in [5, 5.41) is 10.9. The van der Waals surface area contributed by atoms with Crippen LogP contribution in [0.25, 0.3) is 10.9 Å². The van der Waals surface area contributed by atoms with E-state index in [1.165, 1.54) is 22.1 Å². The first-order valence-corrected chi connectivity index (χ1v) is 12.1. The summed E-state index contributed by atoms with van der Waals surface area (Å²) in [4.78, 5) is 12.6. The number of aromatic nitrogens is 2. The van der Waals surface area contributed by atoms with Crippen molar-refractivity contribution in [1.82, 2.24) is 19.8 Å². The van der Waals surface area contributed by atoms with Gasteiger partial charge in [0.05, 0.1) is 11.7 Å². The van der Waals surface area contributed by atoms with Crippen LogP contribution < -0.4 is 4.74 Å². The predicted octanol–water partition coefficient (Wildman–Crippen LogP) is 4.70. The van der Waals surface area contributed by atoms with Crippen molar-refractivity contribution in [3.63, 3.8) is 0 Å². The molecule has 4 heterocycles. The van der Waals surface area contributed by atoms with Crippen LogP contribution in [0.5, 0.6) is 11.5 Å². The number of benzene rings is 2. The maximum atomic E-state index is 9.67. The van der Waals surface area contributed by atoms with Gasteiger partial charge in [-0.1, -0.05) is 30.3 Å². The molecule has 0 saturated carbocycles. The third kappa shape index (κ3) is 4.27. The highest BCUT2D eigenvalue weighted by Crippen LogP contribution is 2.36. The first-order valence-electron chi connectivity index (χ1n) is 12.1. The lowest BCUT2D eigenvalue weighted by atomic mass is 9.90. The lowest BCUT2D eigenvalue weighted by Crippen LogP contribution is -2.53. The van der Waals surface area contributed by atoms with Gasteiger partial charge < -0.3 is 14.8 Å². The van der Waals surface area contributed by atoms with Crippen molar-refractivity contribution in [2.24, 2.45) is 0 Å². The number of hydrogen-bond donors (Lipinski definition) is 2. The Morgan fingerprint density at radius 3 is 2.65 bits per heavy atom. The van der Waals surface area contributed by atoms with Crippen LogP contribution in [0.3, 0.4) is 0 Å². The van der Waals surface area contributed by atoms with Crippen molar-refractivity contribution >= 4 is 10.9 Å². The third-order valence-electron chi connectivity index (χ3n) is 7.28. The van der Waals surface area contributed by atoms with Crippen molar-refractivity contribution in [2.45, 2.75) is 38.1 Å². The van der Waals surface area contributed by atoms with Gasteiger partial charge in [0.15, 0.2) is 0 Å². The van der Waals surface area contributed by atoms with Crippen LogP contribution in [-0.2, 0) is 19.6 Å². The second kappa shape index (κ2) is 8.78. The van der Waals surface area contributed by atoms with E-state index >= 15 is 0 Å². The maximum Gasteiger partial charge on any atom is 0.124 e. The maximum absolute atomic E-state index is 9.67. The number of hydrogen-bond acceptors (Lipinski definition) is 5. The molecule has 0 aliphatic carbocycles. The number of rotatable bonds is 4. The molecule has 6 rings (SSSR count). The van der Waals surface area contributed by atoms with Crippen LogP contribution in [0.2, 0.25) is 0 Å². The van der Waals surface area contributed by atoms with Gasteiger partial charge in [0.25, 0.3) is 0 Å². The normalized spacial score (nSPS) is 18.5. The smallest absolute Gasteiger partial charge is 0.124 e. The number of fused-ring (bicyclic) bond motifs is 2. The van der Waals surface area contributed by atoms with Gasteiger partial charge >= 0.3 is 0 Å². The summed E-state index contributed by atoms with van der Waals surface area (Å²) in [5.74, 6) is 1.33. The second-order valence-corrected chi connectivity index (χ2v) is 9.72. The molecule has 0 radical (unpaired) electrons. The fourth-order valence-corrected chi connectivity index (χ4v) is 5.46. The number of piperidine rings is 1. The topological polar surface area (TPSA) is 64.6 Å². The molecule has 34 heavy (non-hydrogen) atoms. The van der Waals surface area contributed by atoms with E-state index in [2.05, 4.69) is 56.3 Å². The largest absolute Gasteiger partial charge is 0.508 e. The second-order valence-electron chi connectivity index (χ2n) is 9.72. The summed E-state index contributed by atoms with van der Waals surface area (Å²) in [6.07, 6.45) is 7.87. The van der Waals surface area contributed by atoms with Crippen LogP contribution in [0.4, 0.5) is 0 Å². The van der Waals surface area contributed by atoms with Gasteiger partial charge in [-0.05, 0) is 35.4 Å². The number of phenols is 1. The van der Waals surface area contributed by atoms with E-state index in [0.717, 1.165) is 63.4 Å². The van der Waals surface area contributed by atoms with E-state index in [1.807, 2.05) is 24.5 Å². The van der Waals surface area contributed by atoms with Crippen LogP contribution in [0.15, 0.2) is 73.2 Å². The third-order valence-corrected chi connectivity index (χ3v) is 7.28. The Morgan fingerprint density at radius 2 is 1.79 bits per heavy atom. The Bertz CT molecular complexity index is 1280. The number of phenolic OH excluding ortho intramolecular Hbond substituents is 1. The predicted molar refractivity (Wildman–Crippen MR) is 133 cm³/mol. The van der Waals surface area contributed by atoms with Gasteiger partial charge in [-0.3, -0.25) is 14.8 Å². The molecular weight excluding hydrogens is 424 g/mol. The number of nitrogens with one attached hydrogen (secondary N) is 1. The van der Waals surface area contributed by atoms with Crippen molar-refractivity contribution in [3.8, 4) is 11.5 Å². The van der Waals surface area contributed by atoms with Crippen LogP contribution in [0, 0.1) is 0 Å². The van der Waals surface area contributed by atoms with Crippen LogP contribution in [-0.4, -0.2) is 50.1 Å². The zero-order chi connectivity index (χ0) is 23.0. The van der Waals surface area contributed by atoms with E-state index in [-0.39, 0.29) is 5.60 Å². The molecule has 0 amide bonds. The lowest BCUT2D eigenvalue weighted by Gasteiger charge is -2.43. The average Bonchev–Trinajstić information content (AvgIpc) is 3.19. The molecule has 2 aromatic heterocycles. The highest BCUT2D eigenvalue weighted by molar-refractivity contribution is 5.82. The molecule has 2 aromatic carbocycles. The Labute approximate surface area is 199 Å². The van der Waals surface area contributed by atoms with Crippen LogP contribution >= 0.6 is 0 Å². The molecule has 0 atom stereocenters. The molecule has 0 bridgehead atoms. The van der Waals surface area contributed by atoms with E-state index < -0.39 is 0 Å². The molecule has 6 nitrogen and oxygen atoms in total. The summed E-state index contributed by atoms with van der Waals surface area (Å²) in [7, 11) is 0. The zero-order valence-electron chi connectivity index (χ0n) is 19.3. The number of H-pyrrole nitrogens is 1. The molecule has 6 heteroatoms. The summed E-state index contributed by atoms with van der Waals surface area (Å²) < 4.78 is 6.80. The Kier molecular flexibility index (Phi) is 5.47. The molecule has 4 aromatic rings. The van der Waals surface area contributed by atoms with Gasteiger partial charge in [0, 0.05) is 75.5 Å². The zero-order valence-corrected chi connectivity index (χ0v) is 19.3. The highest BCUT2D eigenvalue weighted by atomic mass is 16.5.